The number of amides is 1. The smallest absolute Gasteiger partial charge is 0.263 e. The topological polar surface area (TPSA) is 67.2 Å². The summed E-state index contributed by atoms with van der Waals surface area (Å²) in [5.74, 6) is -0.0311. The number of fused-ring (bicyclic) bond motifs is 1. The minimum Gasteiger partial charge on any atom is -0.326 e. The Morgan fingerprint density at radius 1 is 1.32 bits per heavy atom. The first-order valence-electron chi connectivity index (χ1n) is 9.70. The second kappa shape index (κ2) is 8.24. The van der Waals surface area contributed by atoms with Crippen LogP contribution in [0.5, 0.6) is 0 Å². The van der Waals surface area contributed by atoms with Crippen LogP contribution in [0.3, 0.4) is 0 Å². The first-order valence-corrected chi connectivity index (χ1v) is 10.5. The molecule has 2 aromatic heterocycles. The summed E-state index contributed by atoms with van der Waals surface area (Å²) in [7, 11) is 0. The maximum atomic E-state index is 12.8. The summed E-state index contributed by atoms with van der Waals surface area (Å²) in [5.41, 5.74) is 0.816. The fraction of sp³-hybridized carbons (Fsp3) is 0.381. The Morgan fingerprint density at radius 3 is 2.93 bits per heavy atom. The molecule has 1 saturated heterocycles. The molecule has 146 valence electrons. The van der Waals surface area contributed by atoms with Crippen molar-refractivity contribution in [3.05, 3.63) is 58.0 Å². The molecule has 0 aliphatic carbocycles. The van der Waals surface area contributed by atoms with Crippen molar-refractivity contribution in [2.24, 2.45) is 5.92 Å². The Kier molecular flexibility index (Phi) is 5.54. The van der Waals surface area contributed by atoms with Gasteiger partial charge in [0.2, 0.25) is 5.91 Å². The lowest BCUT2D eigenvalue weighted by atomic mass is 9.97. The summed E-state index contributed by atoms with van der Waals surface area (Å²) in [6.07, 6.45) is 4.35. The number of aryl methyl sites for hydroxylation is 1. The van der Waals surface area contributed by atoms with Crippen molar-refractivity contribution < 1.29 is 4.79 Å². The molecule has 1 fully saturated rings. The molecule has 28 heavy (non-hydrogen) atoms. The number of rotatable bonds is 5. The van der Waals surface area contributed by atoms with E-state index in [0.717, 1.165) is 36.3 Å². The number of benzene rings is 1. The third kappa shape index (κ3) is 4.00. The second-order valence-electron chi connectivity index (χ2n) is 7.22. The van der Waals surface area contributed by atoms with Gasteiger partial charge in [0.25, 0.3) is 5.56 Å². The van der Waals surface area contributed by atoms with Crippen molar-refractivity contribution in [2.45, 2.75) is 32.9 Å². The van der Waals surface area contributed by atoms with E-state index in [1.807, 2.05) is 36.4 Å². The quantitative estimate of drug-likeness (QED) is 0.718. The van der Waals surface area contributed by atoms with Crippen LogP contribution in [0.25, 0.3) is 10.2 Å². The molecular formula is C21H24N4O2S. The van der Waals surface area contributed by atoms with E-state index in [9.17, 15) is 9.59 Å². The van der Waals surface area contributed by atoms with E-state index in [1.165, 1.54) is 4.88 Å². The van der Waals surface area contributed by atoms with Crippen LogP contribution in [0.4, 0.5) is 5.69 Å². The van der Waals surface area contributed by atoms with Gasteiger partial charge < -0.3 is 5.32 Å². The number of nitrogens with one attached hydrogen (secondary N) is 1. The zero-order valence-corrected chi connectivity index (χ0v) is 16.7. The average molecular weight is 397 g/mol. The molecule has 0 saturated carbocycles. The second-order valence-corrected chi connectivity index (χ2v) is 8.33. The maximum Gasteiger partial charge on any atom is 0.263 e. The molecule has 1 atom stereocenters. The van der Waals surface area contributed by atoms with Gasteiger partial charge >= 0.3 is 0 Å². The predicted molar refractivity (Wildman–Crippen MR) is 113 cm³/mol. The number of piperidine rings is 1. The third-order valence-electron chi connectivity index (χ3n) is 5.19. The molecule has 6 nitrogen and oxygen atoms in total. The number of thiophene rings is 1. The molecule has 4 rings (SSSR count). The number of hydrogen-bond donors (Lipinski definition) is 1. The van der Waals surface area contributed by atoms with Gasteiger partial charge in [-0.2, -0.15) is 0 Å². The summed E-state index contributed by atoms with van der Waals surface area (Å²) in [5, 5.41) is 3.69. The highest BCUT2D eigenvalue weighted by atomic mass is 32.1. The Hall–Kier alpha value is -2.51. The van der Waals surface area contributed by atoms with Crippen LogP contribution in [-0.2, 0) is 17.9 Å². The molecular weight excluding hydrogens is 372 g/mol. The molecule has 1 aromatic carbocycles. The Labute approximate surface area is 167 Å². The molecule has 0 radical (unpaired) electrons. The fourth-order valence-corrected chi connectivity index (χ4v) is 4.59. The lowest BCUT2D eigenvalue weighted by Gasteiger charge is -2.32. The van der Waals surface area contributed by atoms with Crippen LogP contribution in [0.15, 0.2) is 47.5 Å². The van der Waals surface area contributed by atoms with E-state index >= 15 is 0 Å². The maximum absolute atomic E-state index is 12.8. The minimum atomic E-state index is -0.0748. The van der Waals surface area contributed by atoms with Crippen molar-refractivity contribution in [1.82, 2.24) is 14.5 Å². The molecule has 3 aromatic rings. The highest BCUT2D eigenvalue weighted by Crippen LogP contribution is 2.22. The predicted octanol–water partition coefficient (Wildman–Crippen LogP) is 3.33. The van der Waals surface area contributed by atoms with E-state index in [-0.39, 0.29) is 17.4 Å². The van der Waals surface area contributed by atoms with Crippen LogP contribution in [0.1, 0.15) is 24.6 Å². The summed E-state index contributed by atoms with van der Waals surface area (Å²) in [6.45, 7) is 4.07. The highest BCUT2D eigenvalue weighted by Gasteiger charge is 2.26. The molecule has 0 spiro atoms. The summed E-state index contributed by atoms with van der Waals surface area (Å²) in [6, 6.07) is 11.5. The lowest BCUT2D eigenvalue weighted by Crippen LogP contribution is -2.43. The molecule has 1 N–H and O–H groups in total. The Bertz CT molecular complexity index is 1030. The van der Waals surface area contributed by atoms with E-state index in [2.05, 4.69) is 22.1 Å². The monoisotopic (exact) mass is 396 g/mol. The van der Waals surface area contributed by atoms with Crippen molar-refractivity contribution in [1.29, 1.82) is 0 Å². The number of anilines is 1. The average Bonchev–Trinajstić information content (AvgIpc) is 3.15. The van der Waals surface area contributed by atoms with Crippen LogP contribution in [-0.4, -0.2) is 33.4 Å². The summed E-state index contributed by atoms with van der Waals surface area (Å²) >= 11 is 1.58. The molecule has 1 aliphatic heterocycles. The number of carbonyl (C=O) groups excluding carboxylic acids is 1. The Balaban J connectivity index is 1.45. The summed E-state index contributed by atoms with van der Waals surface area (Å²) < 4.78 is 1.66. The number of nitrogens with zero attached hydrogens (tertiary/aromatic N) is 3. The van der Waals surface area contributed by atoms with Gasteiger partial charge in [-0.3, -0.25) is 19.1 Å². The number of hydrogen-bond acceptors (Lipinski definition) is 5. The largest absolute Gasteiger partial charge is 0.326 e. The zero-order valence-electron chi connectivity index (χ0n) is 15.9. The minimum absolute atomic E-state index is 0.00295. The van der Waals surface area contributed by atoms with Gasteiger partial charge in [-0.25, -0.2) is 4.98 Å². The van der Waals surface area contributed by atoms with Crippen molar-refractivity contribution in [2.75, 3.05) is 18.4 Å². The number of aromatic nitrogens is 2. The molecule has 7 heteroatoms. The van der Waals surface area contributed by atoms with Crippen molar-refractivity contribution in [3.8, 4) is 0 Å². The zero-order chi connectivity index (χ0) is 19.5. The molecule has 0 bridgehead atoms. The van der Waals surface area contributed by atoms with Gasteiger partial charge in [-0.05, 0) is 44.0 Å². The highest BCUT2D eigenvalue weighted by molar-refractivity contribution is 7.18. The first kappa shape index (κ1) is 18.8. The van der Waals surface area contributed by atoms with Crippen LogP contribution in [0.2, 0.25) is 0 Å². The van der Waals surface area contributed by atoms with Gasteiger partial charge in [0.05, 0.1) is 18.0 Å². The van der Waals surface area contributed by atoms with Crippen molar-refractivity contribution in [3.63, 3.8) is 0 Å². The normalized spacial score (nSPS) is 17.7. The fourth-order valence-electron chi connectivity index (χ4n) is 3.66. The van der Waals surface area contributed by atoms with Crippen LogP contribution >= 0.6 is 11.3 Å². The molecule has 1 amide bonds. The van der Waals surface area contributed by atoms with E-state index in [4.69, 9.17) is 0 Å². The number of likely N-dealkylation sites (tertiary alicyclic amines) is 1. The van der Waals surface area contributed by atoms with Crippen LogP contribution < -0.4 is 10.9 Å². The van der Waals surface area contributed by atoms with Gasteiger partial charge in [-0.15, -0.1) is 11.3 Å². The molecule has 1 aliphatic rings. The van der Waals surface area contributed by atoms with Gasteiger partial charge in [0.1, 0.15) is 11.2 Å². The Morgan fingerprint density at radius 2 is 2.14 bits per heavy atom. The molecule has 3 heterocycles. The third-order valence-corrected chi connectivity index (χ3v) is 6.37. The van der Waals surface area contributed by atoms with Gasteiger partial charge in [0.15, 0.2) is 0 Å². The SMILES string of the molecule is CCc1cc2c(=O)n(CN3CCCC(C(=O)Nc4ccccc4)C3)cnc2s1. The van der Waals surface area contributed by atoms with Crippen LogP contribution in [0, 0.1) is 5.92 Å². The van der Waals surface area contributed by atoms with Crippen molar-refractivity contribution >= 4 is 33.1 Å². The van der Waals surface area contributed by atoms with E-state index in [0.29, 0.717) is 18.6 Å². The molecule has 1 unspecified atom stereocenters. The standard InChI is InChI=1S/C21H24N4O2S/c1-2-17-11-18-20(28-17)22-13-25(21(18)27)14-24-10-6-7-15(12-24)19(26)23-16-8-4-3-5-9-16/h3-5,8-9,11,13,15H,2,6-7,10,12,14H2,1H3,(H,23,26). The van der Waals surface area contributed by atoms with E-state index < -0.39 is 0 Å². The lowest BCUT2D eigenvalue weighted by molar-refractivity contribution is -0.121. The first-order chi connectivity index (χ1) is 13.6. The van der Waals surface area contributed by atoms with Gasteiger partial charge in [0, 0.05) is 17.1 Å². The number of carbonyl (C=O) groups is 1. The number of para-hydroxylation sites is 1. The van der Waals surface area contributed by atoms with E-state index in [1.54, 1.807) is 22.2 Å². The van der Waals surface area contributed by atoms with Gasteiger partial charge in [-0.1, -0.05) is 25.1 Å². The summed E-state index contributed by atoms with van der Waals surface area (Å²) in [4.78, 5) is 34.0.